The van der Waals surface area contributed by atoms with Crippen LogP contribution in [-0.2, 0) is 0 Å². The van der Waals surface area contributed by atoms with Crippen LogP contribution >= 0.6 is 0 Å². The fourth-order valence-electron chi connectivity index (χ4n) is 1.24. The van der Waals surface area contributed by atoms with Gasteiger partial charge in [0.15, 0.2) is 5.76 Å². The SMILES string of the molecule is C=C(N=NN)c1cc2ccccc2o1. The van der Waals surface area contributed by atoms with Gasteiger partial charge in [-0.25, -0.2) is 0 Å². The lowest BCUT2D eigenvalue weighted by molar-refractivity contribution is 0.597. The zero-order valence-electron chi connectivity index (χ0n) is 7.47. The number of para-hydroxylation sites is 1. The van der Waals surface area contributed by atoms with Gasteiger partial charge >= 0.3 is 0 Å². The molecule has 2 N–H and O–H groups in total. The van der Waals surface area contributed by atoms with Gasteiger partial charge in [-0.1, -0.05) is 30.0 Å². The highest BCUT2D eigenvalue weighted by Crippen LogP contribution is 2.23. The second kappa shape index (κ2) is 3.33. The molecule has 0 bridgehead atoms. The molecule has 1 aromatic carbocycles. The molecule has 0 spiro atoms. The van der Waals surface area contributed by atoms with E-state index in [0.29, 0.717) is 11.5 Å². The maximum absolute atomic E-state index is 5.47. The molecule has 1 aromatic heterocycles. The Morgan fingerprint density at radius 3 is 2.86 bits per heavy atom. The first kappa shape index (κ1) is 8.50. The molecule has 0 atom stereocenters. The van der Waals surface area contributed by atoms with Crippen molar-refractivity contribution in [3.63, 3.8) is 0 Å². The van der Waals surface area contributed by atoms with E-state index in [1.165, 1.54) is 0 Å². The highest BCUT2D eigenvalue weighted by molar-refractivity contribution is 5.81. The van der Waals surface area contributed by atoms with E-state index in [0.717, 1.165) is 11.0 Å². The number of fused-ring (bicyclic) bond motifs is 1. The first-order valence-electron chi connectivity index (χ1n) is 4.10. The third kappa shape index (κ3) is 1.37. The molecule has 0 saturated carbocycles. The number of nitrogens with zero attached hydrogens (tertiary/aromatic N) is 2. The van der Waals surface area contributed by atoms with Crippen LogP contribution in [0.1, 0.15) is 5.76 Å². The molecule has 0 aliphatic carbocycles. The van der Waals surface area contributed by atoms with Crippen LogP contribution in [0.3, 0.4) is 0 Å². The van der Waals surface area contributed by atoms with E-state index in [1.807, 2.05) is 30.3 Å². The molecular weight excluding hydrogens is 178 g/mol. The second-order valence-electron chi connectivity index (χ2n) is 2.81. The summed E-state index contributed by atoms with van der Waals surface area (Å²) >= 11 is 0. The summed E-state index contributed by atoms with van der Waals surface area (Å²) in [5, 5.41) is 7.76. The van der Waals surface area contributed by atoms with E-state index in [9.17, 15) is 0 Å². The molecule has 4 nitrogen and oxygen atoms in total. The summed E-state index contributed by atoms with van der Waals surface area (Å²) in [5.41, 5.74) is 1.22. The van der Waals surface area contributed by atoms with Gasteiger partial charge in [-0.05, 0) is 12.1 Å². The van der Waals surface area contributed by atoms with Gasteiger partial charge in [0, 0.05) is 5.39 Å². The molecule has 0 aliphatic heterocycles. The van der Waals surface area contributed by atoms with Crippen molar-refractivity contribution in [1.29, 1.82) is 0 Å². The summed E-state index contributed by atoms with van der Waals surface area (Å²) in [6, 6.07) is 9.53. The van der Waals surface area contributed by atoms with Gasteiger partial charge in [0.1, 0.15) is 11.3 Å². The number of hydrogen-bond donors (Lipinski definition) is 1. The van der Waals surface area contributed by atoms with Gasteiger partial charge in [-0.3, -0.25) is 0 Å². The monoisotopic (exact) mass is 187 g/mol. The minimum absolute atomic E-state index is 0.420. The Morgan fingerprint density at radius 2 is 2.14 bits per heavy atom. The average molecular weight is 187 g/mol. The average Bonchev–Trinajstić information content (AvgIpc) is 2.61. The lowest BCUT2D eigenvalue weighted by atomic mass is 10.2. The van der Waals surface area contributed by atoms with Crippen LogP contribution in [0.25, 0.3) is 16.7 Å². The van der Waals surface area contributed by atoms with Crippen LogP contribution < -0.4 is 5.84 Å². The molecule has 0 amide bonds. The predicted octanol–water partition coefficient (Wildman–Crippen LogP) is 2.73. The predicted molar refractivity (Wildman–Crippen MR) is 54.3 cm³/mol. The van der Waals surface area contributed by atoms with Gasteiger partial charge in [-0.2, -0.15) is 0 Å². The first-order valence-corrected chi connectivity index (χ1v) is 4.10. The normalized spacial score (nSPS) is 11.1. The van der Waals surface area contributed by atoms with Crippen molar-refractivity contribution in [2.24, 2.45) is 16.2 Å². The van der Waals surface area contributed by atoms with Crippen LogP contribution in [-0.4, -0.2) is 0 Å². The summed E-state index contributed by atoms with van der Waals surface area (Å²) in [7, 11) is 0. The van der Waals surface area contributed by atoms with Gasteiger partial charge in [0.25, 0.3) is 0 Å². The molecule has 70 valence electrons. The summed E-state index contributed by atoms with van der Waals surface area (Å²) in [6.45, 7) is 3.68. The lowest BCUT2D eigenvalue weighted by Gasteiger charge is -1.89. The molecule has 0 unspecified atom stereocenters. The van der Waals surface area contributed by atoms with E-state index in [1.54, 1.807) is 0 Å². The quantitative estimate of drug-likeness (QED) is 0.446. The smallest absolute Gasteiger partial charge is 0.155 e. The molecule has 0 radical (unpaired) electrons. The number of nitrogens with two attached hydrogens (primary N) is 1. The third-order valence-corrected chi connectivity index (χ3v) is 1.89. The van der Waals surface area contributed by atoms with E-state index in [4.69, 9.17) is 10.3 Å². The van der Waals surface area contributed by atoms with Crippen molar-refractivity contribution in [1.82, 2.24) is 0 Å². The van der Waals surface area contributed by atoms with Crippen molar-refractivity contribution < 1.29 is 4.42 Å². The minimum atomic E-state index is 0.420. The van der Waals surface area contributed by atoms with Crippen molar-refractivity contribution in [2.45, 2.75) is 0 Å². The maximum atomic E-state index is 5.47. The zero-order valence-corrected chi connectivity index (χ0v) is 7.47. The lowest BCUT2D eigenvalue weighted by Crippen LogP contribution is -1.77. The van der Waals surface area contributed by atoms with Crippen molar-refractivity contribution in [2.75, 3.05) is 0 Å². The zero-order chi connectivity index (χ0) is 9.97. The van der Waals surface area contributed by atoms with E-state index in [-0.39, 0.29) is 0 Å². The Morgan fingerprint density at radius 1 is 1.36 bits per heavy atom. The number of benzene rings is 1. The fourth-order valence-corrected chi connectivity index (χ4v) is 1.24. The number of rotatable bonds is 2. The fraction of sp³-hybridized carbons (Fsp3) is 0. The Kier molecular flexibility index (Phi) is 2.02. The summed E-state index contributed by atoms with van der Waals surface area (Å²) in [5.74, 6) is 5.50. The van der Waals surface area contributed by atoms with Gasteiger partial charge in [0.2, 0.25) is 0 Å². The van der Waals surface area contributed by atoms with Crippen LogP contribution in [0.2, 0.25) is 0 Å². The van der Waals surface area contributed by atoms with Crippen molar-refractivity contribution >= 4 is 16.7 Å². The van der Waals surface area contributed by atoms with Crippen molar-refractivity contribution in [3.05, 3.63) is 42.7 Å². The maximum Gasteiger partial charge on any atom is 0.155 e. The Labute approximate surface area is 80.7 Å². The second-order valence-corrected chi connectivity index (χ2v) is 2.81. The Hall–Kier alpha value is -2.10. The van der Waals surface area contributed by atoms with Gasteiger partial charge in [0.05, 0.1) is 0 Å². The molecule has 0 fully saturated rings. The van der Waals surface area contributed by atoms with E-state index >= 15 is 0 Å². The topological polar surface area (TPSA) is 63.9 Å². The van der Waals surface area contributed by atoms with E-state index in [2.05, 4.69) is 16.9 Å². The molecule has 14 heavy (non-hydrogen) atoms. The van der Waals surface area contributed by atoms with Crippen LogP contribution in [0.15, 0.2) is 51.7 Å². The number of furan rings is 1. The van der Waals surface area contributed by atoms with Crippen LogP contribution in [0, 0.1) is 0 Å². The molecule has 0 aliphatic rings. The van der Waals surface area contributed by atoms with Crippen molar-refractivity contribution in [3.8, 4) is 0 Å². The molecule has 2 rings (SSSR count). The Bertz CT molecular complexity index is 466. The van der Waals surface area contributed by atoms with Gasteiger partial charge < -0.3 is 10.3 Å². The standard InChI is InChI=1S/C10H9N3O/c1-7(12-13-11)10-6-8-4-2-3-5-9(8)14-10/h2-6H,1H2,(H2,11,12). The van der Waals surface area contributed by atoms with Crippen LogP contribution in [0.4, 0.5) is 0 Å². The molecule has 2 aromatic rings. The minimum Gasteiger partial charge on any atom is -0.454 e. The summed E-state index contributed by atoms with van der Waals surface area (Å²) in [4.78, 5) is 0. The third-order valence-electron chi connectivity index (χ3n) is 1.89. The first-order chi connectivity index (χ1) is 6.81. The Balaban J connectivity index is 2.50. The highest BCUT2D eigenvalue weighted by atomic mass is 16.3. The van der Waals surface area contributed by atoms with E-state index < -0.39 is 0 Å². The summed E-state index contributed by atoms with van der Waals surface area (Å²) < 4.78 is 5.47. The summed E-state index contributed by atoms with van der Waals surface area (Å²) in [6.07, 6.45) is 0. The highest BCUT2D eigenvalue weighted by Gasteiger charge is 2.05. The molecule has 0 saturated heterocycles. The van der Waals surface area contributed by atoms with Crippen LogP contribution in [0.5, 0.6) is 0 Å². The number of hydrogen-bond acceptors (Lipinski definition) is 3. The molecular formula is C10H9N3O. The molecule has 1 heterocycles. The largest absolute Gasteiger partial charge is 0.454 e. The van der Waals surface area contributed by atoms with Gasteiger partial charge in [-0.15, -0.1) is 5.11 Å². The molecule has 4 heteroatoms.